The lowest BCUT2D eigenvalue weighted by atomic mass is 10.1. The van der Waals surface area contributed by atoms with Crippen LogP contribution in [0.1, 0.15) is 43.1 Å². The molecule has 0 unspecified atom stereocenters. The second-order valence-electron chi connectivity index (χ2n) is 6.45. The van der Waals surface area contributed by atoms with Gasteiger partial charge >= 0.3 is 0 Å². The molecule has 1 aromatic heterocycles. The first-order chi connectivity index (χ1) is 13.7. The highest BCUT2D eigenvalue weighted by atomic mass is 32.2. The van der Waals surface area contributed by atoms with Crippen molar-refractivity contribution in [1.29, 1.82) is 0 Å². The standard InChI is InChI=1S/C19H24F2N6OS/c1-4-7-29-27-14-6-5-13(20)15(16(14)21)19(28)26-11-8-12(17(22)24-9-11)18(23)25-10(2)3/h5-6,8-10,27H,4,7H2,1-3H3,(H2,22,24)(H2,23,25)(H,26,28). The number of hydrogen-bond acceptors (Lipinski definition) is 6. The number of anilines is 3. The third-order valence-corrected chi connectivity index (χ3v) is 4.63. The average molecular weight is 423 g/mol. The number of aromatic nitrogens is 1. The number of nitrogens with one attached hydrogen (secondary N) is 2. The van der Waals surface area contributed by atoms with Gasteiger partial charge in [0.15, 0.2) is 5.82 Å². The monoisotopic (exact) mass is 422 g/mol. The highest BCUT2D eigenvalue weighted by molar-refractivity contribution is 8.00. The molecular formula is C19H24F2N6OS. The van der Waals surface area contributed by atoms with E-state index in [1.165, 1.54) is 30.3 Å². The molecule has 0 aliphatic carbocycles. The van der Waals surface area contributed by atoms with Crippen molar-refractivity contribution in [1.82, 2.24) is 4.98 Å². The zero-order valence-electron chi connectivity index (χ0n) is 16.4. The number of benzene rings is 1. The molecule has 7 nitrogen and oxygen atoms in total. The van der Waals surface area contributed by atoms with Gasteiger partial charge in [-0.2, -0.15) is 0 Å². The summed E-state index contributed by atoms with van der Waals surface area (Å²) in [5.41, 5.74) is 11.6. The first kappa shape index (κ1) is 22.4. The Bertz CT molecular complexity index is 920. The van der Waals surface area contributed by atoms with E-state index in [9.17, 15) is 13.6 Å². The minimum atomic E-state index is -0.976. The maximum atomic E-state index is 14.7. The zero-order valence-corrected chi connectivity index (χ0v) is 17.2. The summed E-state index contributed by atoms with van der Waals surface area (Å²) < 4.78 is 31.6. The fraction of sp³-hybridized carbons (Fsp3) is 0.316. The minimum absolute atomic E-state index is 0.0273. The molecule has 10 heteroatoms. The van der Waals surface area contributed by atoms with Crippen LogP contribution in [0, 0.1) is 11.6 Å². The Morgan fingerprint density at radius 2 is 2.07 bits per heavy atom. The molecule has 2 aromatic rings. The van der Waals surface area contributed by atoms with Gasteiger partial charge in [-0.05, 0) is 38.5 Å². The fourth-order valence-electron chi connectivity index (χ4n) is 2.36. The second kappa shape index (κ2) is 10.1. The Kier molecular flexibility index (Phi) is 7.77. The van der Waals surface area contributed by atoms with Crippen LogP contribution in [0.25, 0.3) is 0 Å². The van der Waals surface area contributed by atoms with E-state index >= 15 is 0 Å². The zero-order chi connectivity index (χ0) is 21.6. The van der Waals surface area contributed by atoms with Crippen LogP contribution in [0.4, 0.5) is 26.0 Å². The first-order valence-corrected chi connectivity index (χ1v) is 9.99. The number of aliphatic imine (C=N–C) groups is 1. The number of rotatable bonds is 8. The predicted molar refractivity (Wildman–Crippen MR) is 115 cm³/mol. The largest absolute Gasteiger partial charge is 0.383 e. The van der Waals surface area contributed by atoms with Crippen molar-refractivity contribution in [3.63, 3.8) is 0 Å². The van der Waals surface area contributed by atoms with Crippen molar-refractivity contribution in [3.05, 3.63) is 47.2 Å². The molecule has 1 amide bonds. The van der Waals surface area contributed by atoms with E-state index in [4.69, 9.17) is 11.5 Å². The number of halogens is 2. The number of nitrogens with two attached hydrogens (primary N) is 2. The Balaban J connectivity index is 2.30. The lowest BCUT2D eigenvalue weighted by Crippen LogP contribution is -2.20. The Morgan fingerprint density at radius 1 is 1.34 bits per heavy atom. The topological polar surface area (TPSA) is 118 Å². The van der Waals surface area contributed by atoms with Crippen molar-refractivity contribution < 1.29 is 13.6 Å². The van der Waals surface area contributed by atoms with Gasteiger partial charge in [-0.25, -0.2) is 13.8 Å². The molecule has 0 saturated carbocycles. The normalized spacial score (nSPS) is 11.6. The van der Waals surface area contributed by atoms with Crippen LogP contribution in [-0.2, 0) is 0 Å². The molecule has 156 valence electrons. The quantitative estimate of drug-likeness (QED) is 0.223. The molecule has 0 fully saturated rings. The number of amidine groups is 1. The SMILES string of the molecule is CCCSNc1ccc(F)c(C(=O)Nc2cnc(N)c(C(N)=NC(C)C)c2)c1F. The molecular weight excluding hydrogens is 398 g/mol. The highest BCUT2D eigenvalue weighted by Crippen LogP contribution is 2.25. The van der Waals surface area contributed by atoms with E-state index in [1.54, 1.807) is 0 Å². The molecule has 0 spiro atoms. The fourth-order valence-corrected chi connectivity index (χ4v) is 2.98. The van der Waals surface area contributed by atoms with Crippen molar-refractivity contribution in [2.45, 2.75) is 33.2 Å². The predicted octanol–water partition coefficient (Wildman–Crippen LogP) is 3.78. The van der Waals surface area contributed by atoms with Gasteiger partial charge in [0.25, 0.3) is 5.91 Å². The number of carbonyl (C=O) groups excluding carboxylic acids is 1. The molecule has 1 aromatic carbocycles. The van der Waals surface area contributed by atoms with E-state index in [2.05, 4.69) is 20.0 Å². The molecule has 0 bridgehead atoms. The number of hydrogen-bond donors (Lipinski definition) is 4. The smallest absolute Gasteiger partial charge is 0.261 e. The van der Waals surface area contributed by atoms with Crippen LogP contribution in [0.3, 0.4) is 0 Å². The second-order valence-corrected chi connectivity index (χ2v) is 7.35. The van der Waals surface area contributed by atoms with Crippen LogP contribution < -0.4 is 21.5 Å². The highest BCUT2D eigenvalue weighted by Gasteiger charge is 2.21. The van der Waals surface area contributed by atoms with E-state index < -0.39 is 23.1 Å². The van der Waals surface area contributed by atoms with E-state index in [0.29, 0.717) is 5.56 Å². The van der Waals surface area contributed by atoms with Gasteiger partial charge in [-0.1, -0.05) is 18.9 Å². The molecule has 0 aliphatic rings. The number of nitrogens with zero attached hydrogens (tertiary/aromatic N) is 2. The first-order valence-electron chi connectivity index (χ1n) is 9.00. The van der Waals surface area contributed by atoms with Gasteiger partial charge in [0, 0.05) is 11.8 Å². The van der Waals surface area contributed by atoms with Gasteiger partial charge in [0.2, 0.25) is 0 Å². The molecule has 6 N–H and O–H groups in total. The van der Waals surface area contributed by atoms with E-state index in [0.717, 1.165) is 18.2 Å². The third-order valence-electron chi connectivity index (χ3n) is 3.66. The Hall–Kier alpha value is -2.88. The third kappa shape index (κ3) is 5.80. The lowest BCUT2D eigenvalue weighted by Gasteiger charge is -2.12. The number of amides is 1. The van der Waals surface area contributed by atoms with Gasteiger partial charge in [-0.3, -0.25) is 9.79 Å². The van der Waals surface area contributed by atoms with Gasteiger partial charge < -0.3 is 21.5 Å². The summed E-state index contributed by atoms with van der Waals surface area (Å²) >= 11 is 1.27. The minimum Gasteiger partial charge on any atom is -0.383 e. The molecule has 0 atom stereocenters. The molecule has 29 heavy (non-hydrogen) atoms. The summed E-state index contributed by atoms with van der Waals surface area (Å²) in [6.07, 6.45) is 2.15. The van der Waals surface area contributed by atoms with E-state index in [1.807, 2.05) is 20.8 Å². The number of nitrogen functional groups attached to an aromatic ring is 1. The van der Waals surface area contributed by atoms with E-state index in [-0.39, 0.29) is 29.1 Å². The maximum Gasteiger partial charge on any atom is 0.261 e. The molecule has 0 saturated heterocycles. The van der Waals surface area contributed by atoms with Crippen molar-refractivity contribution >= 4 is 40.9 Å². The van der Waals surface area contributed by atoms with Gasteiger partial charge in [0.1, 0.15) is 23.0 Å². The van der Waals surface area contributed by atoms with Crippen molar-refractivity contribution in [3.8, 4) is 0 Å². The van der Waals surface area contributed by atoms with Crippen LogP contribution >= 0.6 is 11.9 Å². The average Bonchev–Trinajstić information content (AvgIpc) is 2.64. The maximum absolute atomic E-state index is 14.7. The van der Waals surface area contributed by atoms with Gasteiger partial charge in [0.05, 0.1) is 23.1 Å². The van der Waals surface area contributed by atoms with Crippen LogP contribution in [0.15, 0.2) is 29.4 Å². The van der Waals surface area contributed by atoms with Crippen LogP contribution in [0.5, 0.6) is 0 Å². The van der Waals surface area contributed by atoms with Crippen LogP contribution in [-0.4, -0.2) is 28.5 Å². The summed E-state index contributed by atoms with van der Waals surface area (Å²) in [6, 6.07) is 3.66. The summed E-state index contributed by atoms with van der Waals surface area (Å²) in [5.74, 6) is -1.90. The summed E-state index contributed by atoms with van der Waals surface area (Å²) in [6.45, 7) is 5.66. The summed E-state index contributed by atoms with van der Waals surface area (Å²) in [7, 11) is 0. The molecule has 0 aliphatic heterocycles. The van der Waals surface area contributed by atoms with Crippen molar-refractivity contribution in [2.24, 2.45) is 10.7 Å². The molecule has 1 heterocycles. The number of pyridine rings is 1. The number of carbonyl (C=O) groups is 1. The lowest BCUT2D eigenvalue weighted by molar-refractivity contribution is 0.101. The van der Waals surface area contributed by atoms with Crippen LogP contribution in [0.2, 0.25) is 0 Å². The molecule has 0 radical (unpaired) electrons. The van der Waals surface area contributed by atoms with Crippen molar-refractivity contribution in [2.75, 3.05) is 21.5 Å². The molecule has 2 rings (SSSR count). The Labute approximate surface area is 172 Å². The Morgan fingerprint density at radius 3 is 2.72 bits per heavy atom. The summed E-state index contributed by atoms with van der Waals surface area (Å²) in [4.78, 5) is 20.7. The van der Waals surface area contributed by atoms with Gasteiger partial charge in [-0.15, -0.1) is 0 Å². The summed E-state index contributed by atoms with van der Waals surface area (Å²) in [5, 5.41) is 2.43.